The summed E-state index contributed by atoms with van der Waals surface area (Å²) in [6.07, 6.45) is -2.52. The predicted octanol–water partition coefficient (Wildman–Crippen LogP) is 4.09. The summed E-state index contributed by atoms with van der Waals surface area (Å²) in [6.45, 7) is 0.538. The van der Waals surface area contributed by atoms with Gasteiger partial charge in [0.2, 0.25) is 11.7 Å². The van der Waals surface area contributed by atoms with Gasteiger partial charge in [-0.25, -0.2) is 4.98 Å². The third kappa shape index (κ3) is 3.66. The first-order valence-electron chi connectivity index (χ1n) is 7.47. The highest BCUT2D eigenvalue weighted by Gasteiger charge is 2.40. The lowest BCUT2D eigenvalue weighted by Crippen LogP contribution is -2.39. The zero-order chi connectivity index (χ0) is 17.3. The van der Waals surface area contributed by atoms with Crippen LogP contribution in [0.4, 0.5) is 13.2 Å². The second-order valence-electron chi connectivity index (χ2n) is 5.62. The number of alkyl halides is 3. The molecule has 0 aromatic carbocycles. The average Bonchev–Trinajstić information content (AvgIpc) is 3.14. The van der Waals surface area contributed by atoms with Gasteiger partial charge in [0.05, 0.1) is 12.2 Å². The van der Waals surface area contributed by atoms with E-state index in [2.05, 4.69) is 26.3 Å². The summed E-state index contributed by atoms with van der Waals surface area (Å²) in [7, 11) is 0. The van der Waals surface area contributed by atoms with Gasteiger partial charge >= 0.3 is 6.18 Å². The first kappa shape index (κ1) is 17.5. The number of fused-ring (bicyclic) bond motifs is 1. The zero-order valence-corrected chi connectivity index (χ0v) is 15.0. The van der Waals surface area contributed by atoms with Crippen LogP contribution in [0, 0.1) is 0 Å². The Bertz CT molecular complexity index is 727. The van der Waals surface area contributed by atoms with E-state index in [0.29, 0.717) is 12.1 Å². The predicted molar refractivity (Wildman–Crippen MR) is 87.6 cm³/mol. The van der Waals surface area contributed by atoms with Crippen molar-refractivity contribution >= 4 is 33.2 Å². The second kappa shape index (κ2) is 6.87. The van der Waals surface area contributed by atoms with Crippen LogP contribution < -0.4 is 0 Å². The van der Waals surface area contributed by atoms with E-state index >= 15 is 0 Å². The van der Waals surface area contributed by atoms with Crippen molar-refractivity contribution in [1.29, 1.82) is 0 Å². The molecule has 0 N–H and O–H groups in total. The van der Waals surface area contributed by atoms with E-state index in [0.717, 1.165) is 17.4 Å². The molecule has 3 heterocycles. The minimum Gasteiger partial charge on any atom is -0.335 e. The maximum absolute atomic E-state index is 13.0. The van der Waals surface area contributed by atoms with Gasteiger partial charge in [-0.05, 0) is 51.2 Å². The Morgan fingerprint density at radius 3 is 2.83 bits per heavy atom. The Labute approximate surface area is 149 Å². The van der Waals surface area contributed by atoms with E-state index < -0.39 is 12.0 Å². The largest absolute Gasteiger partial charge is 0.449 e. The molecule has 2 aromatic rings. The van der Waals surface area contributed by atoms with Crippen molar-refractivity contribution in [2.24, 2.45) is 0 Å². The summed E-state index contributed by atoms with van der Waals surface area (Å²) in [6, 6.07) is 2.03. The van der Waals surface area contributed by atoms with E-state index in [1.165, 1.54) is 5.56 Å². The highest BCUT2D eigenvalue weighted by atomic mass is 79.9. The number of carbonyl (C=O) groups is 1. The number of thiophene rings is 1. The van der Waals surface area contributed by atoms with Crippen LogP contribution in [0.2, 0.25) is 0 Å². The molecular formula is C15H15BrF3N3OS. The monoisotopic (exact) mass is 421 g/mol. The van der Waals surface area contributed by atoms with Crippen LogP contribution in [-0.4, -0.2) is 26.9 Å². The highest BCUT2D eigenvalue weighted by molar-refractivity contribution is 9.10. The minimum absolute atomic E-state index is 0.0295. The zero-order valence-electron chi connectivity index (χ0n) is 12.6. The molecule has 9 heteroatoms. The fourth-order valence-corrected chi connectivity index (χ4v) is 4.01. The smallest absolute Gasteiger partial charge is 0.335 e. The molecule has 0 saturated carbocycles. The number of nitrogens with zero attached hydrogens (tertiary/aromatic N) is 3. The molecule has 24 heavy (non-hydrogen) atoms. The van der Waals surface area contributed by atoms with Gasteiger partial charge in [-0.3, -0.25) is 4.79 Å². The summed E-state index contributed by atoms with van der Waals surface area (Å²) in [4.78, 5) is 17.5. The number of carbonyl (C=O) groups excluding carboxylic acids is 1. The Morgan fingerprint density at radius 2 is 2.17 bits per heavy atom. The topological polar surface area (TPSA) is 38.1 Å². The Hall–Kier alpha value is -1.35. The van der Waals surface area contributed by atoms with Gasteiger partial charge < -0.3 is 9.47 Å². The molecule has 1 amide bonds. The van der Waals surface area contributed by atoms with E-state index in [9.17, 15) is 18.0 Å². The fraction of sp³-hybridized carbons (Fsp3) is 0.467. The standard InChI is InChI=1S/C15H15BrF3N3OS/c16-13-11-8-21(5-6-22(11)14(20-13)15(17,18)19)12(23)3-1-2-10-4-7-24-9-10/h4,7,9H,1-3,5-6,8H2. The van der Waals surface area contributed by atoms with Crippen molar-refractivity contribution < 1.29 is 18.0 Å². The van der Waals surface area contributed by atoms with Gasteiger partial charge in [0, 0.05) is 19.5 Å². The lowest BCUT2D eigenvalue weighted by molar-refractivity contribution is -0.148. The third-order valence-corrected chi connectivity index (χ3v) is 5.37. The Morgan fingerprint density at radius 1 is 1.38 bits per heavy atom. The van der Waals surface area contributed by atoms with Gasteiger partial charge in [-0.2, -0.15) is 24.5 Å². The SMILES string of the molecule is O=C(CCCc1ccsc1)N1CCn2c(C(F)(F)F)nc(Br)c2C1. The highest BCUT2D eigenvalue weighted by Crippen LogP contribution is 2.34. The van der Waals surface area contributed by atoms with Crippen LogP contribution in [0.15, 0.2) is 21.4 Å². The molecule has 3 rings (SSSR count). The first-order chi connectivity index (χ1) is 11.4. The van der Waals surface area contributed by atoms with E-state index in [-0.39, 0.29) is 30.1 Å². The van der Waals surface area contributed by atoms with Crippen LogP contribution in [-0.2, 0) is 30.5 Å². The molecule has 0 unspecified atom stereocenters. The molecular weight excluding hydrogens is 407 g/mol. The van der Waals surface area contributed by atoms with Crippen LogP contribution in [0.25, 0.3) is 0 Å². The van der Waals surface area contributed by atoms with Crippen LogP contribution in [0.3, 0.4) is 0 Å². The van der Waals surface area contributed by atoms with Gasteiger partial charge in [0.1, 0.15) is 4.60 Å². The fourth-order valence-electron chi connectivity index (χ4n) is 2.80. The molecule has 130 valence electrons. The molecule has 2 aromatic heterocycles. The number of rotatable bonds is 4. The number of hydrogen-bond donors (Lipinski definition) is 0. The molecule has 0 aliphatic carbocycles. The Balaban J connectivity index is 1.62. The summed E-state index contributed by atoms with van der Waals surface area (Å²) in [5.41, 5.74) is 1.61. The van der Waals surface area contributed by atoms with Crippen molar-refractivity contribution in [2.45, 2.75) is 38.5 Å². The molecule has 0 spiro atoms. The van der Waals surface area contributed by atoms with Crippen LogP contribution in [0.1, 0.15) is 29.9 Å². The van der Waals surface area contributed by atoms with Crippen molar-refractivity contribution in [1.82, 2.24) is 14.5 Å². The average molecular weight is 422 g/mol. The molecule has 0 atom stereocenters. The number of hydrogen-bond acceptors (Lipinski definition) is 3. The number of aromatic nitrogens is 2. The normalized spacial score (nSPS) is 14.8. The summed E-state index contributed by atoms with van der Waals surface area (Å²) in [5.74, 6) is -0.938. The molecule has 1 aliphatic rings. The minimum atomic E-state index is -4.49. The number of aryl methyl sites for hydroxylation is 1. The van der Waals surface area contributed by atoms with Gasteiger partial charge in [0.25, 0.3) is 0 Å². The van der Waals surface area contributed by atoms with E-state index in [4.69, 9.17) is 0 Å². The second-order valence-corrected chi connectivity index (χ2v) is 7.15. The lowest BCUT2D eigenvalue weighted by Gasteiger charge is -2.29. The van der Waals surface area contributed by atoms with Crippen molar-refractivity contribution in [3.63, 3.8) is 0 Å². The number of halogens is 4. The van der Waals surface area contributed by atoms with Crippen molar-refractivity contribution in [3.05, 3.63) is 38.5 Å². The van der Waals surface area contributed by atoms with Gasteiger partial charge in [0.15, 0.2) is 0 Å². The summed E-state index contributed by atoms with van der Waals surface area (Å²) in [5, 5.41) is 4.05. The molecule has 0 fully saturated rings. The molecule has 1 aliphatic heterocycles. The maximum Gasteiger partial charge on any atom is 0.449 e. The summed E-state index contributed by atoms with van der Waals surface area (Å²) < 4.78 is 40.2. The van der Waals surface area contributed by atoms with E-state index in [1.54, 1.807) is 16.2 Å². The van der Waals surface area contributed by atoms with Gasteiger partial charge in [-0.1, -0.05) is 0 Å². The molecule has 0 saturated heterocycles. The molecule has 4 nitrogen and oxygen atoms in total. The third-order valence-electron chi connectivity index (χ3n) is 4.00. The lowest BCUT2D eigenvalue weighted by atomic mass is 10.1. The molecule has 0 radical (unpaired) electrons. The number of imidazole rings is 1. The van der Waals surface area contributed by atoms with Crippen molar-refractivity contribution in [3.8, 4) is 0 Å². The Kier molecular flexibility index (Phi) is 5.00. The summed E-state index contributed by atoms with van der Waals surface area (Å²) >= 11 is 4.70. The first-order valence-corrected chi connectivity index (χ1v) is 9.21. The van der Waals surface area contributed by atoms with E-state index in [1.807, 2.05) is 11.4 Å². The molecule has 0 bridgehead atoms. The maximum atomic E-state index is 13.0. The van der Waals surface area contributed by atoms with Crippen molar-refractivity contribution in [2.75, 3.05) is 6.54 Å². The van der Waals surface area contributed by atoms with Gasteiger partial charge in [-0.15, -0.1) is 0 Å². The van der Waals surface area contributed by atoms with Crippen LogP contribution in [0.5, 0.6) is 0 Å². The quantitative estimate of drug-likeness (QED) is 0.745. The van der Waals surface area contributed by atoms with Crippen LogP contribution >= 0.6 is 27.3 Å². The number of amides is 1.